The summed E-state index contributed by atoms with van der Waals surface area (Å²) in [5.41, 5.74) is 2.46. The molecule has 0 radical (unpaired) electrons. The van der Waals surface area contributed by atoms with Gasteiger partial charge in [0.2, 0.25) is 5.91 Å². The molecule has 1 aromatic carbocycles. The second kappa shape index (κ2) is 7.32. The molecule has 1 aliphatic rings. The highest BCUT2D eigenvalue weighted by Gasteiger charge is 2.19. The Hall–Kier alpha value is -1.31. The molecule has 1 fully saturated rings. The fraction of sp³-hybridized carbons (Fsp3) is 0.588. The summed E-state index contributed by atoms with van der Waals surface area (Å²) in [4.78, 5) is 13.8. The van der Waals surface area contributed by atoms with E-state index in [1.807, 2.05) is 4.90 Å². The van der Waals surface area contributed by atoms with E-state index in [0.29, 0.717) is 6.42 Å². The minimum absolute atomic E-state index is 0.280. The molecule has 19 heavy (non-hydrogen) atoms. The smallest absolute Gasteiger partial charge is 0.226 e. The molecule has 2 rings (SSSR count). The number of unbranched alkanes of at least 4 members (excludes halogenated alkanes) is 3. The molecule has 2 heteroatoms. The van der Waals surface area contributed by atoms with E-state index in [4.69, 9.17) is 0 Å². The lowest BCUT2D eigenvalue weighted by Crippen LogP contribution is -2.35. The molecule has 1 aromatic rings. The Bertz CT molecular complexity index is 396. The molecular weight excluding hydrogens is 234 g/mol. The summed E-state index contributed by atoms with van der Waals surface area (Å²) in [5.74, 6) is 0.280. The molecule has 0 atom stereocenters. The Morgan fingerprint density at radius 2 is 1.84 bits per heavy atom. The van der Waals surface area contributed by atoms with Crippen LogP contribution in [0.5, 0.6) is 0 Å². The Morgan fingerprint density at radius 3 is 2.53 bits per heavy atom. The summed E-state index contributed by atoms with van der Waals surface area (Å²) in [5, 5.41) is 0. The fourth-order valence-electron chi connectivity index (χ4n) is 2.68. The first-order chi connectivity index (χ1) is 9.31. The van der Waals surface area contributed by atoms with Crippen LogP contribution in [0.15, 0.2) is 24.3 Å². The largest absolute Gasteiger partial charge is 0.312 e. The average Bonchev–Trinajstić information content (AvgIpc) is 2.45. The number of benzene rings is 1. The number of carbonyl (C=O) groups excluding carboxylic acids is 1. The van der Waals surface area contributed by atoms with Crippen molar-refractivity contribution >= 4 is 11.6 Å². The van der Waals surface area contributed by atoms with Gasteiger partial charge in [0.05, 0.1) is 0 Å². The summed E-state index contributed by atoms with van der Waals surface area (Å²) >= 11 is 0. The van der Waals surface area contributed by atoms with Crippen LogP contribution < -0.4 is 4.90 Å². The summed E-state index contributed by atoms with van der Waals surface area (Å²) in [6, 6.07) is 8.59. The van der Waals surface area contributed by atoms with Gasteiger partial charge in [0.1, 0.15) is 0 Å². The summed E-state index contributed by atoms with van der Waals surface area (Å²) in [7, 11) is 0. The molecule has 0 bridgehead atoms. The van der Waals surface area contributed by atoms with Crippen molar-refractivity contribution in [2.24, 2.45) is 0 Å². The van der Waals surface area contributed by atoms with E-state index >= 15 is 0 Å². The second-order valence-corrected chi connectivity index (χ2v) is 5.48. The molecule has 104 valence electrons. The van der Waals surface area contributed by atoms with Gasteiger partial charge in [0.25, 0.3) is 0 Å². The van der Waals surface area contributed by atoms with E-state index in [1.165, 1.54) is 31.2 Å². The van der Waals surface area contributed by atoms with E-state index in [0.717, 1.165) is 31.5 Å². The van der Waals surface area contributed by atoms with Crippen LogP contribution in [0.2, 0.25) is 0 Å². The Morgan fingerprint density at radius 1 is 1.05 bits per heavy atom. The molecule has 1 heterocycles. The average molecular weight is 259 g/mol. The van der Waals surface area contributed by atoms with Crippen LogP contribution in [-0.4, -0.2) is 12.5 Å². The molecular formula is C17H25NO. The molecule has 2 nitrogen and oxygen atoms in total. The topological polar surface area (TPSA) is 20.3 Å². The summed E-state index contributed by atoms with van der Waals surface area (Å²) < 4.78 is 0. The molecule has 0 aromatic heterocycles. The van der Waals surface area contributed by atoms with Crippen molar-refractivity contribution in [3.8, 4) is 0 Å². The van der Waals surface area contributed by atoms with Crippen LogP contribution in [0.4, 0.5) is 5.69 Å². The highest BCUT2D eigenvalue weighted by Crippen LogP contribution is 2.21. The summed E-state index contributed by atoms with van der Waals surface area (Å²) in [6.07, 6.45) is 9.26. The van der Waals surface area contributed by atoms with Gasteiger partial charge in [-0.1, -0.05) is 38.3 Å². The van der Waals surface area contributed by atoms with Gasteiger partial charge in [0, 0.05) is 18.7 Å². The third-order valence-electron chi connectivity index (χ3n) is 3.89. The molecule has 0 N–H and O–H groups in total. The lowest BCUT2D eigenvalue weighted by molar-refractivity contribution is -0.119. The van der Waals surface area contributed by atoms with Crippen LogP contribution in [0, 0.1) is 0 Å². The monoisotopic (exact) mass is 259 g/mol. The predicted molar refractivity (Wildman–Crippen MR) is 80.5 cm³/mol. The second-order valence-electron chi connectivity index (χ2n) is 5.48. The highest BCUT2D eigenvalue weighted by atomic mass is 16.2. The lowest BCUT2D eigenvalue weighted by atomic mass is 10.0. The predicted octanol–water partition coefficient (Wildman–Crippen LogP) is 4.33. The van der Waals surface area contributed by atoms with Crippen molar-refractivity contribution in [1.82, 2.24) is 0 Å². The quantitative estimate of drug-likeness (QED) is 0.696. The minimum Gasteiger partial charge on any atom is -0.312 e. The van der Waals surface area contributed by atoms with E-state index < -0.39 is 0 Å². The van der Waals surface area contributed by atoms with Gasteiger partial charge in [-0.2, -0.15) is 0 Å². The van der Waals surface area contributed by atoms with Gasteiger partial charge in [-0.3, -0.25) is 4.79 Å². The highest BCUT2D eigenvalue weighted by molar-refractivity contribution is 5.93. The maximum Gasteiger partial charge on any atom is 0.226 e. The molecule has 1 amide bonds. The third-order valence-corrected chi connectivity index (χ3v) is 3.89. The van der Waals surface area contributed by atoms with Gasteiger partial charge in [-0.25, -0.2) is 0 Å². The number of anilines is 1. The molecule has 0 saturated carbocycles. The number of rotatable bonds is 6. The number of nitrogens with zero attached hydrogens (tertiary/aromatic N) is 1. The van der Waals surface area contributed by atoms with Gasteiger partial charge in [-0.05, 0) is 43.4 Å². The van der Waals surface area contributed by atoms with E-state index in [1.54, 1.807) is 0 Å². The molecule has 0 aliphatic carbocycles. The van der Waals surface area contributed by atoms with Gasteiger partial charge in [-0.15, -0.1) is 0 Å². The zero-order valence-corrected chi connectivity index (χ0v) is 12.0. The van der Waals surface area contributed by atoms with E-state index in [9.17, 15) is 4.79 Å². The zero-order chi connectivity index (χ0) is 13.5. The van der Waals surface area contributed by atoms with Crippen molar-refractivity contribution in [2.45, 2.75) is 58.3 Å². The van der Waals surface area contributed by atoms with Crippen LogP contribution in [0.25, 0.3) is 0 Å². The lowest BCUT2D eigenvalue weighted by Gasteiger charge is -2.26. The standard InChI is InChI=1S/C17H25NO/c1-2-3-4-5-8-15-10-12-16(13-11-15)18-14-7-6-9-17(18)19/h10-13H,2-9,14H2,1H3. The van der Waals surface area contributed by atoms with Gasteiger partial charge in [0.15, 0.2) is 0 Å². The zero-order valence-electron chi connectivity index (χ0n) is 12.0. The fourth-order valence-corrected chi connectivity index (χ4v) is 2.68. The van der Waals surface area contributed by atoms with E-state index in [-0.39, 0.29) is 5.91 Å². The normalized spacial score (nSPS) is 15.8. The number of amides is 1. The number of carbonyl (C=O) groups is 1. The van der Waals surface area contributed by atoms with Gasteiger partial charge < -0.3 is 4.90 Å². The van der Waals surface area contributed by atoms with Crippen LogP contribution in [-0.2, 0) is 11.2 Å². The Kier molecular flexibility index (Phi) is 5.44. The maximum absolute atomic E-state index is 11.8. The molecule has 1 saturated heterocycles. The van der Waals surface area contributed by atoms with Crippen LogP contribution in [0.3, 0.4) is 0 Å². The van der Waals surface area contributed by atoms with Crippen molar-refractivity contribution in [3.63, 3.8) is 0 Å². The molecule has 0 spiro atoms. The first-order valence-electron chi connectivity index (χ1n) is 7.70. The van der Waals surface area contributed by atoms with Crippen molar-refractivity contribution in [2.75, 3.05) is 11.4 Å². The number of aryl methyl sites for hydroxylation is 1. The first-order valence-corrected chi connectivity index (χ1v) is 7.70. The maximum atomic E-state index is 11.8. The Labute approximate surface area is 116 Å². The van der Waals surface area contributed by atoms with Crippen LogP contribution in [0.1, 0.15) is 57.4 Å². The number of piperidine rings is 1. The minimum atomic E-state index is 0.280. The molecule has 1 aliphatic heterocycles. The SMILES string of the molecule is CCCCCCc1ccc(N2CCCCC2=O)cc1. The molecule has 0 unspecified atom stereocenters. The van der Waals surface area contributed by atoms with Crippen molar-refractivity contribution in [1.29, 1.82) is 0 Å². The third kappa shape index (κ3) is 4.09. The summed E-state index contributed by atoms with van der Waals surface area (Å²) in [6.45, 7) is 3.12. The van der Waals surface area contributed by atoms with Gasteiger partial charge >= 0.3 is 0 Å². The number of hydrogen-bond acceptors (Lipinski definition) is 1. The van der Waals surface area contributed by atoms with Crippen LogP contribution >= 0.6 is 0 Å². The number of hydrogen-bond donors (Lipinski definition) is 0. The van der Waals surface area contributed by atoms with E-state index in [2.05, 4.69) is 31.2 Å². The Balaban J connectivity index is 1.88. The van der Waals surface area contributed by atoms with Crippen molar-refractivity contribution < 1.29 is 4.79 Å². The first kappa shape index (κ1) is 14.1. The van der Waals surface area contributed by atoms with Crippen molar-refractivity contribution in [3.05, 3.63) is 29.8 Å².